The minimum atomic E-state index is -0.333. The quantitative estimate of drug-likeness (QED) is 0.727. The first kappa shape index (κ1) is 15.4. The Morgan fingerprint density at radius 1 is 1.26 bits per heavy atom. The number of rotatable bonds is 5. The van der Waals surface area contributed by atoms with Crippen molar-refractivity contribution in [3.63, 3.8) is 0 Å². The van der Waals surface area contributed by atoms with E-state index in [0.717, 1.165) is 34.6 Å². The number of anilines is 1. The molecule has 2 aromatic heterocycles. The average Bonchev–Trinajstić information content (AvgIpc) is 2.93. The molecule has 1 aromatic carbocycles. The molecule has 2 heterocycles. The summed E-state index contributed by atoms with van der Waals surface area (Å²) in [5, 5.41) is 4.25. The lowest BCUT2D eigenvalue weighted by molar-refractivity contribution is 0.0605. The van der Waals surface area contributed by atoms with Gasteiger partial charge < -0.3 is 10.1 Å². The fourth-order valence-electron chi connectivity index (χ4n) is 2.46. The van der Waals surface area contributed by atoms with Gasteiger partial charge in [0, 0.05) is 6.54 Å². The highest BCUT2D eigenvalue weighted by molar-refractivity contribution is 7.20. The van der Waals surface area contributed by atoms with E-state index >= 15 is 0 Å². The van der Waals surface area contributed by atoms with Crippen molar-refractivity contribution in [1.29, 1.82) is 0 Å². The Kier molecular flexibility index (Phi) is 4.52. The molecule has 118 valence electrons. The van der Waals surface area contributed by atoms with Crippen LogP contribution in [0.2, 0.25) is 0 Å². The fourth-order valence-corrected chi connectivity index (χ4v) is 3.53. The molecule has 0 saturated carbocycles. The summed E-state index contributed by atoms with van der Waals surface area (Å²) in [5.41, 5.74) is 2.13. The van der Waals surface area contributed by atoms with Gasteiger partial charge in [0.15, 0.2) is 0 Å². The summed E-state index contributed by atoms with van der Waals surface area (Å²) in [6, 6.07) is 10.3. The molecule has 0 radical (unpaired) electrons. The number of ether oxygens (including phenoxy) is 1. The maximum absolute atomic E-state index is 11.8. The first-order chi connectivity index (χ1) is 11.2. The van der Waals surface area contributed by atoms with Crippen molar-refractivity contribution in [2.45, 2.75) is 13.3 Å². The fraction of sp³-hybridized carbons (Fsp3) is 0.235. The molecule has 23 heavy (non-hydrogen) atoms. The lowest BCUT2D eigenvalue weighted by Crippen LogP contribution is -2.07. The number of hydrogen-bond acceptors (Lipinski definition) is 6. The van der Waals surface area contributed by atoms with Crippen molar-refractivity contribution in [3.8, 4) is 0 Å². The number of aromatic nitrogens is 2. The second-order valence-electron chi connectivity index (χ2n) is 5.11. The number of methoxy groups -OCH3 is 1. The Balaban J connectivity index is 1.83. The maximum atomic E-state index is 11.8. The highest BCUT2D eigenvalue weighted by atomic mass is 32.1. The topological polar surface area (TPSA) is 64.1 Å². The molecule has 0 amide bonds. The molecule has 3 rings (SSSR count). The third-order valence-electron chi connectivity index (χ3n) is 3.65. The molecule has 0 aliphatic rings. The van der Waals surface area contributed by atoms with Gasteiger partial charge in [-0.15, -0.1) is 11.3 Å². The third kappa shape index (κ3) is 3.17. The molecule has 5 nitrogen and oxygen atoms in total. The number of aryl methyl sites for hydroxylation is 1. The molecule has 0 atom stereocenters. The Labute approximate surface area is 138 Å². The Hall–Kier alpha value is -2.47. The molecular weight excluding hydrogens is 310 g/mol. The van der Waals surface area contributed by atoms with E-state index < -0.39 is 0 Å². The van der Waals surface area contributed by atoms with Crippen LogP contribution in [0, 0.1) is 6.92 Å². The maximum Gasteiger partial charge on any atom is 0.348 e. The van der Waals surface area contributed by atoms with Crippen LogP contribution in [0.5, 0.6) is 0 Å². The Morgan fingerprint density at radius 2 is 2.04 bits per heavy atom. The predicted molar refractivity (Wildman–Crippen MR) is 92.1 cm³/mol. The molecule has 6 heteroatoms. The van der Waals surface area contributed by atoms with Crippen LogP contribution in [0.1, 0.15) is 20.8 Å². The molecule has 0 saturated heterocycles. The summed E-state index contributed by atoms with van der Waals surface area (Å²) in [6.45, 7) is 2.66. The molecule has 0 aliphatic carbocycles. The molecule has 0 unspecified atom stereocenters. The van der Waals surface area contributed by atoms with E-state index in [1.54, 1.807) is 0 Å². The average molecular weight is 327 g/mol. The minimum absolute atomic E-state index is 0.333. The van der Waals surface area contributed by atoms with Crippen molar-refractivity contribution < 1.29 is 9.53 Å². The largest absolute Gasteiger partial charge is 0.465 e. The van der Waals surface area contributed by atoms with E-state index in [0.29, 0.717) is 4.88 Å². The highest BCUT2D eigenvalue weighted by Gasteiger charge is 2.19. The molecular formula is C17H17N3O2S. The van der Waals surface area contributed by atoms with Crippen LogP contribution in [0.4, 0.5) is 5.82 Å². The zero-order valence-corrected chi connectivity index (χ0v) is 13.8. The minimum Gasteiger partial charge on any atom is -0.465 e. The molecule has 0 spiro atoms. The number of carbonyl (C=O) groups excluding carboxylic acids is 1. The number of esters is 1. The number of benzene rings is 1. The normalized spacial score (nSPS) is 10.7. The van der Waals surface area contributed by atoms with Crippen LogP contribution >= 0.6 is 11.3 Å². The van der Waals surface area contributed by atoms with Crippen LogP contribution in [0.15, 0.2) is 36.7 Å². The molecule has 0 bridgehead atoms. The summed E-state index contributed by atoms with van der Waals surface area (Å²) in [6.07, 6.45) is 2.42. The molecule has 3 aromatic rings. The van der Waals surface area contributed by atoms with Crippen molar-refractivity contribution in [2.24, 2.45) is 0 Å². The lowest BCUT2D eigenvalue weighted by Gasteiger charge is -2.07. The standard InChI is InChI=1S/C17H17N3O2S/c1-11-13-15(18-9-8-12-6-4-3-5-7-12)19-10-20-16(13)23-14(11)17(21)22-2/h3-7,10H,8-9H2,1-2H3,(H,18,19,20). The first-order valence-corrected chi connectivity index (χ1v) is 8.12. The van der Waals surface area contributed by atoms with Crippen molar-refractivity contribution in [3.05, 3.63) is 52.7 Å². The van der Waals surface area contributed by atoms with Crippen LogP contribution in [0.3, 0.4) is 0 Å². The molecule has 0 aliphatic heterocycles. The van der Waals surface area contributed by atoms with Gasteiger partial charge in [-0.05, 0) is 24.5 Å². The lowest BCUT2D eigenvalue weighted by atomic mass is 10.1. The number of nitrogens with zero attached hydrogens (tertiary/aromatic N) is 2. The highest BCUT2D eigenvalue weighted by Crippen LogP contribution is 2.33. The van der Waals surface area contributed by atoms with Gasteiger partial charge in [-0.25, -0.2) is 14.8 Å². The summed E-state index contributed by atoms with van der Waals surface area (Å²) < 4.78 is 4.83. The number of hydrogen-bond donors (Lipinski definition) is 1. The van der Waals surface area contributed by atoms with Gasteiger partial charge in [0.1, 0.15) is 21.9 Å². The Bertz CT molecular complexity index is 830. The van der Waals surface area contributed by atoms with E-state index in [1.807, 2.05) is 25.1 Å². The van der Waals surface area contributed by atoms with Gasteiger partial charge in [0.05, 0.1) is 12.5 Å². The number of fused-ring (bicyclic) bond motifs is 1. The van der Waals surface area contributed by atoms with Gasteiger partial charge >= 0.3 is 5.97 Å². The van der Waals surface area contributed by atoms with Gasteiger partial charge in [-0.1, -0.05) is 30.3 Å². The van der Waals surface area contributed by atoms with Crippen molar-refractivity contribution >= 4 is 33.3 Å². The SMILES string of the molecule is COC(=O)c1sc2ncnc(NCCc3ccccc3)c2c1C. The monoisotopic (exact) mass is 327 g/mol. The van der Waals surface area contributed by atoms with Crippen LogP contribution < -0.4 is 5.32 Å². The summed E-state index contributed by atoms with van der Waals surface area (Å²) in [5.74, 6) is 0.426. The smallest absolute Gasteiger partial charge is 0.348 e. The first-order valence-electron chi connectivity index (χ1n) is 7.31. The second-order valence-corrected chi connectivity index (χ2v) is 6.11. The van der Waals surface area contributed by atoms with Crippen molar-refractivity contribution in [2.75, 3.05) is 19.0 Å². The van der Waals surface area contributed by atoms with E-state index in [-0.39, 0.29) is 5.97 Å². The number of carbonyl (C=O) groups is 1. The van der Waals surface area contributed by atoms with E-state index in [2.05, 4.69) is 27.4 Å². The van der Waals surface area contributed by atoms with E-state index in [9.17, 15) is 4.79 Å². The number of nitrogens with one attached hydrogen (secondary N) is 1. The van der Waals surface area contributed by atoms with Gasteiger partial charge in [-0.2, -0.15) is 0 Å². The van der Waals surface area contributed by atoms with Gasteiger partial charge in [0.25, 0.3) is 0 Å². The summed E-state index contributed by atoms with van der Waals surface area (Å²) in [4.78, 5) is 21.8. The zero-order chi connectivity index (χ0) is 16.2. The summed E-state index contributed by atoms with van der Waals surface area (Å²) in [7, 11) is 1.39. The third-order valence-corrected chi connectivity index (χ3v) is 4.83. The van der Waals surface area contributed by atoms with Crippen LogP contribution in [-0.4, -0.2) is 29.6 Å². The number of thiophene rings is 1. The predicted octanol–water partition coefficient (Wildman–Crippen LogP) is 3.44. The van der Waals surface area contributed by atoms with Crippen LogP contribution in [-0.2, 0) is 11.2 Å². The molecule has 0 fully saturated rings. The van der Waals surface area contributed by atoms with Crippen molar-refractivity contribution in [1.82, 2.24) is 9.97 Å². The van der Waals surface area contributed by atoms with Gasteiger partial charge in [0.2, 0.25) is 0 Å². The van der Waals surface area contributed by atoms with Gasteiger partial charge in [-0.3, -0.25) is 0 Å². The summed E-state index contributed by atoms with van der Waals surface area (Å²) >= 11 is 1.33. The molecule has 1 N–H and O–H groups in total. The Morgan fingerprint density at radius 3 is 2.78 bits per heavy atom. The van der Waals surface area contributed by atoms with E-state index in [4.69, 9.17) is 4.74 Å². The van der Waals surface area contributed by atoms with Crippen LogP contribution in [0.25, 0.3) is 10.2 Å². The zero-order valence-electron chi connectivity index (χ0n) is 13.0. The van der Waals surface area contributed by atoms with E-state index in [1.165, 1.54) is 30.3 Å². The second kappa shape index (κ2) is 6.75.